The number of rotatable bonds is 0. The lowest BCUT2D eigenvalue weighted by Gasteiger charge is -2.34. The third kappa shape index (κ3) is 0.650. The Bertz CT molecular complexity index is 542. The second-order valence-corrected chi connectivity index (χ2v) is 6.96. The SMILES string of the molecule is C=C1C(O)C2OC23CC2C4OC4(C)C(=O)C2C13C. The van der Waals surface area contributed by atoms with E-state index in [1.165, 1.54) is 0 Å². The number of hydrogen-bond acceptors (Lipinski definition) is 4. The lowest BCUT2D eigenvalue weighted by molar-refractivity contribution is -0.131. The van der Waals surface area contributed by atoms with Gasteiger partial charge in [0.05, 0.1) is 6.10 Å². The number of ether oxygens (including phenoxy) is 2. The van der Waals surface area contributed by atoms with Crippen LogP contribution in [-0.4, -0.2) is 40.4 Å². The molecule has 0 radical (unpaired) electrons. The molecule has 4 heteroatoms. The first-order chi connectivity index (χ1) is 8.38. The summed E-state index contributed by atoms with van der Waals surface area (Å²) in [7, 11) is 0. The Balaban J connectivity index is 1.70. The van der Waals surface area contributed by atoms with Crippen LogP contribution in [0, 0.1) is 17.3 Å². The van der Waals surface area contributed by atoms with E-state index in [-0.39, 0.29) is 35.4 Å². The zero-order chi connectivity index (χ0) is 12.7. The van der Waals surface area contributed by atoms with Gasteiger partial charge in [-0.25, -0.2) is 0 Å². The average Bonchev–Trinajstić information content (AvgIpc) is 3.14. The van der Waals surface area contributed by atoms with Crippen LogP contribution in [-0.2, 0) is 14.3 Å². The Morgan fingerprint density at radius 3 is 2.78 bits per heavy atom. The van der Waals surface area contributed by atoms with Gasteiger partial charge in [0.2, 0.25) is 0 Å². The topological polar surface area (TPSA) is 62.4 Å². The highest BCUT2D eigenvalue weighted by Crippen LogP contribution is 2.78. The van der Waals surface area contributed by atoms with Crippen molar-refractivity contribution in [2.24, 2.45) is 17.3 Å². The summed E-state index contributed by atoms with van der Waals surface area (Å²) in [4.78, 5) is 12.6. The van der Waals surface area contributed by atoms with E-state index in [0.717, 1.165) is 12.0 Å². The van der Waals surface area contributed by atoms with Gasteiger partial charge >= 0.3 is 0 Å². The van der Waals surface area contributed by atoms with Crippen LogP contribution in [0.3, 0.4) is 0 Å². The molecule has 1 spiro atoms. The highest BCUT2D eigenvalue weighted by molar-refractivity contribution is 5.97. The number of carbonyl (C=O) groups is 1. The van der Waals surface area contributed by atoms with Gasteiger partial charge in [0.15, 0.2) is 11.4 Å². The summed E-state index contributed by atoms with van der Waals surface area (Å²) in [5.74, 6) is 0.374. The number of carbonyl (C=O) groups excluding carboxylic acids is 1. The van der Waals surface area contributed by atoms with Gasteiger partial charge < -0.3 is 14.6 Å². The fraction of sp³-hybridized carbons (Fsp3) is 0.786. The maximum absolute atomic E-state index is 12.6. The molecule has 2 aliphatic heterocycles. The second kappa shape index (κ2) is 2.23. The molecular formula is C14H16O4. The molecule has 0 aromatic rings. The first-order valence-corrected chi connectivity index (χ1v) is 6.65. The lowest BCUT2D eigenvalue weighted by atomic mass is 9.69. The minimum Gasteiger partial charge on any atom is -0.386 e. The molecule has 0 aromatic heterocycles. The average molecular weight is 248 g/mol. The van der Waals surface area contributed by atoms with Gasteiger partial charge in [0.1, 0.15) is 17.8 Å². The standard InChI is InChI=1S/C14H16O4/c1-5-8(15)11-14(18-11)4-6-7(12(5,14)2)9(16)13(3)10(6)17-13/h6-8,10-11,15H,1,4H2,2-3H3. The Hall–Kier alpha value is -0.710. The molecule has 5 aliphatic rings. The van der Waals surface area contributed by atoms with Gasteiger partial charge in [-0.2, -0.15) is 0 Å². The number of epoxide rings is 2. The van der Waals surface area contributed by atoms with Crippen LogP contribution >= 0.6 is 0 Å². The molecule has 8 unspecified atom stereocenters. The molecule has 4 nitrogen and oxygen atoms in total. The summed E-state index contributed by atoms with van der Waals surface area (Å²) in [6, 6.07) is 0. The Morgan fingerprint density at radius 2 is 2.06 bits per heavy atom. The molecule has 0 bridgehead atoms. The van der Waals surface area contributed by atoms with Crippen LogP contribution in [0.1, 0.15) is 20.3 Å². The lowest BCUT2D eigenvalue weighted by Crippen LogP contribution is -2.41. The van der Waals surface area contributed by atoms with E-state index >= 15 is 0 Å². The van der Waals surface area contributed by atoms with Crippen molar-refractivity contribution >= 4 is 5.78 Å². The summed E-state index contributed by atoms with van der Waals surface area (Å²) in [5.41, 5.74) is -0.483. The normalized spacial score (nSPS) is 70.7. The number of fused-ring (bicyclic) bond motifs is 4. The van der Waals surface area contributed by atoms with Crippen LogP contribution in [0.15, 0.2) is 12.2 Å². The van der Waals surface area contributed by atoms with E-state index in [1.807, 2.05) is 6.92 Å². The number of ketones is 1. The number of hydrogen-bond donors (Lipinski definition) is 1. The molecule has 5 fully saturated rings. The van der Waals surface area contributed by atoms with E-state index in [4.69, 9.17) is 9.47 Å². The first kappa shape index (κ1) is 10.1. The molecule has 18 heavy (non-hydrogen) atoms. The molecular weight excluding hydrogens is 232 g/mol. The molecule has 1 N–H and O–H groups in total. The van der Waals surface area contributed by atoms with Crippen molar-refractivity contribution in [3.63, 3.8) is 0 Å². The Kier molecular flexibility index (Phi) is 1.26. The summed E-state index contributed by atoms with van der Waals surface area (Å²) < 4.78 is 11.4. The van der Waals surface area contributed by atoms with Crippen molar-refractivity contribution in [2.45, 2.75) is 49.8 Å². The van der Waals surface area contributed by atoms with Crippen LogP contribution in [0.25, 0.3) is 0 Å². The first-order valence-electron chi connectivity index (χ1n) is 6.65. The zero-order valence-corrected chi connectivity index (χ0v) is 10.5. The molecule has 5 rings (SSSR count). The maximum atomic E-state index is 12.6. The van der Waals surface area contributed by atoms with Crippen molar-refractivity contribution < 1.29 is 19.4 Å². The van der Waals surface area contributed by atoms with Crippen LogP contribution in [0.2, 0.25) is 0 Å². The van der Waals surface area contributed by atoms with Gasteiger partial charge in [-0.3, -0.25) is 4.79 Å². The second-order valence-electron chi connectivity index (χ2n) is 6.96. The highest BCUT2D eigenvalue weighted by atomic mass is 16.6. The largest absolute Gasteiger partial charge is 0.386 e. The van der Waals surface area contributed by atoms with Crippen molar-refractivity contribution in [2.75, 3.05) is 0 Å². The predicted molar refractivity (Wildman–Crippen MR) is 60.7 cm³/mol. The quantitative estimate of drug-likeness (QED) is 0.499. The van der Waals surface area contributed by atoms with Crippen LogP contribution in [0.4, 0.5) is 0 Å². The monoisotopic (exact) mass is 248 g/mol. The van der Waals surface area contributed by atoms with Gasteiger partial charge in [-0.1, -0.05) is 13.5 Å². The molecule has 3 saturated carbocycles. The third-order valence-corrected chi connectivity index (χ3v) is 6.54. The summed E-state index contributed by atoms with van der Waals surface area (Å²) in [6.07, 6.45) is 0.162. The van der Waals surface area contributed by atoms with Gasteiger partial charge in [0.25, 0.3) is 0 Å². The summed E-state index contributed by atoms with van der Waals surface area (Å²) in [5, 5.41) is 10.2. The smallest absolute Gasteiger partial charge is 0.171 e. The molecule has 3 aliphatic carbocycles. The predicted octanol–water partition coefficient (Wildman–Crippen LogP) is 0.437. The van der Waals surface area contributed by atoms with E-state index in [9.17, 15) is 9.90 Å². The fourth-order valence-corrected chi connectivity index (χ4v) is 5.40. The van der Waals surface area contributed by atoms with Crippen LogP contribution in [0.5, 0.6) is 0 Å². The molecule has 8 atom stereocenters. The number of aliphatic hydroxyl groups excluding tert-OH is 1. The molecule has 2 saturated heterocycles. The van der Waals surface area contributed by atoms with Crippen molar-refractivity contribution in [3.05, 3.63) is 12.2 Å². The van der Waals surface area contributed by atoms with Crippen molar-refractivity contribution in [1.82, 2.24) is 0 Å². The Labute approximate surface area is 105 Å². The highest BCUT2D eigenvalue weighted by Gasteiger charge is 2.89. The minimum atomic E-state index is -0.602. The van der Waals surface area contributed by atoms with Gasteiger partial charge in [0, 0.05) is 17.3 Å². The number of aliphatic hydroxyl groups is 1. The fourth-order valence-electron chi connectivity index (χ4n) is 5.40. The Morgan fingerprint density at radius 1 is 1.33 bits per heavy atom. The molecule has 2 heterocycles. The van der Waals surface area contributed by atoms with E-state index in [0.29, 0.717) is 0 Å². The minimum absolute atomic E-state index is 0.0709. The maximum Gasteiger partial charge on any atom is 0.171 e. The number of Topliss-reactive ketones (excluding diaryl/α,β-unsaturated/α-hetero) is 1. The van der Waals surface area contributed by atoms with E-state index in [1.54, 1.807) is 0 Å². The van der Waals surface area contributed by atoms with Gasteiger partial charge in [-0.15, -0.1) is 0 Å². The molecule has 0 amide bonds. The van der Waals surface area contributed by atoms with E-state index in [2.05, 4.69) is 13.5 Å². The van der Waals surface area contributed by atoms with Crippen molar-refractivity contribution in [1.29, 1.82) is 0 Å². The molecule has 0 aromatic carbocycles. The van der Waals surface area contributed by atoms with Gasteiger partial charge in [-0.05, 0) is 18.9 Å². The third-order valence-electron chi connectivity index (χ3n) is 6.54. The summed E-state index contributed by atoms with van der Waals surface area (Å²) in [6.45, 7) is 8.01. The van der Waals surface area contributed by atoms with Crippen LogP contribution < -0.4 is 0 Å². The van der Waals surface area contributed by atoms with Crippen molar-refractivity contribution in [3.8, 4) is 0 Å². The summed E-state index contributed by atoms with van der Waals surface area (Å²) >= 11 is 0. The molecule has 96 valence electrons. The zero-order valence-electron chi connectivity index (χ0n) is 10.5. The van der Waals surface area contributed by atoms with E-state index < -0.39 is 17.1 Å².